The first-order valence-electron chi connectivity index (χ1n) is 7.39. The molecule has 2 rings (SSSR count). The molecule has 6 nitrogen and oxygen atoms in total. The fourth-order valence-electron chi connectivity index (χ4n) is 2.21. The maximum absolute atomic E-state index is 11.7. The van der Waals surface area contributed by atoms with Crippen LogP contribution >= 0.6 is 0 Å². The van der Waals surface area contributed by atoms with Crippen LogP contribution in [0.2, 0.25) is 0 Å². The largest absolute Gasteiger partial charge is 0.505 e. The lowest BCUT2D eigenvalue weighted by Crippen LogP contribution is -1.99. The highest BCUT2D eigenvalue weighted by Gasteiger charge is 2.21. The second-order valence-electron chi connectivity index (χ2n) is 5.28. The molecule has 0 saturated heterocycles. The monoisotopic (exact) mass is 358 g/mol. The van der Waals surface area contributed by atoms with Gasteiger partial charge < -0.3 is 5.11 Å². The van der Waals surface area contributed by atoms with Gasteiger partial charge in [0.15, 0.2) is 5.75 Å². The lowest BCUT2D eigenvalue weighted by atomic mass is 10.1. The highest BCUT2D eigenvalue weighted by Crippen LogP contribution is 2.41. The van der Waals surface area contributed by atoms with Gasteiger partial charge in [-0.1, -0.05) is 42.5 Å². The number of phenols is 1. The van der Waals surface area contributed by atoms with Gasteiger partial charge in [0, 0.05) is 5.39 Å². The van der Waals surface area contributed by atoms with Crippen molar-refractivity contribution in [2.75, 3.05) is 0 Å². The summed E-state index contributed by atoms with van der Waals surface area (Å²) in [5.41, 5.74) is 1.00. The summed E-state index contributed by atoms with van der Waals surface area (Å²) in [6.07, 6.45) is 6.46. The molecule has 25 heavy (non-hydrogen) atoms. The van der Waals surface area contributed by atoms with Crippen LogP contribution in [0.3, 0.4) is 0 Å². The molecule has 0 fully saturated rings. The maximum atomic E-state index is 11.7. The number of hydrogen-bond donors (Lipinski definition) is 2. The summed E-state index contributed by atoms with van der Waals surface area (Å²) < 4.78 is 32.9. The first-order valence-corrected chi connectivity index (χ1v) is 8.83. The lowest BCUT2D eigenvalue weighted by Gasteiger charge is -2.09. The molecule has 2 aromatic carbocycles. The number of benzene rings is 2. The van der Waals surface area contributed by atoms with Crippen LogP contribution in [-0.4, -0.2) is 18.1 Å². The van der Waals surface area contributed by atoms with E-state index >= 15 is 0 Å². The third-order valence-electron chi connectivity index (χ3n) is 3.45. The number of aryl methyl sites for hydroxylation is 1. The summed E-state index contributed by atoms with van der Waals surface area (Å²) in [4.78, 5) is -0.506. The van der Waals surface area contributed by atoms with Gasteiger partial charge in [0.2, 0.25) is 0 Å². The second-order valence-corrected chi connectivity index (χ2v) is 6.67. The van der Waals surface area contributed by atoms with E-state index in [0.717, 1.165) is 5.56 Å². The van der Waals surface area contributed by atoms with Gasteiger partial charge in [-0.3, -0.25) is 4.55 Å². The van der Waals surface area contributed by atoms with Gasteiger partial charge in [-0.15, -0.1) is 5.11 Å². The number of aromatic hydroxyl groups is 1. The molecule has 130 valence electrons. The summed E-state index contributed by atoms with van der Waals surface area (Å²) >= 11 is 0. The average molecular weight is 358 g/mol. The summed E-state index contributed by atoms with van der Waals surface area (Å²) in [5.74, 6) is -0.360. The molecule has 0 unspecified atom stereocenters. The van der Waals surface area contributed by atoms with Crippen LogP contribution < -0.4 is 0 Å². The van der Waals surface area contributed by atoms with Crippen LogP contribution in [0.5, 0.6) is 5.75 Å². The summed E-state index contributed by atoms with van der Waals surface area (Å²) in [6.45, 7) is 7.12. The number of azo groups is 1. The Hall–Kier alpha value is -2.77. The zero-order valence-corrected chi connectivity index (χ0v) is 14.7. The van der Waals surface area contributed by atoms with E-state index in [-0.39, 0.29) is 11.4 Å². The molecule has 0 amide bonds. The number of hydrogen-bond acceptors (Lipinski definition) is 5. The summed E-state index contributed by atoms with van der Waals surface area (Å²) in [6, 6.07) is 6.39. The Labute approximate surface area is 146 Å². The van der Waals surface area contributed by atoms with Gasteiger partial charge in [-0.05, 0) is 37.4 Å². The highest BCUT2D eigenvalue weighted by atomic mass is 32.2. The minimum Gasteiger partial charge on any atom is -0.505 e. The van der Waals surface area contributed by atoms with E-state index in [9.17, 15) is 18.1 Å². The molecule has 0 radical (unpaired) electrons. The Kier molecular flexibility index (Phi) is 5.51. The number of nitrogens with zero attached hydrogens (tertiary/aromatic N) is 2. The van der Waals surface area contributed by atoms with Crippen LogP contribution in [-0.2, 0) is 10.1 Å². The predicted molar refractivity (Wildman–Crippen MR) is 97.8 cm³/mol. The summed E-state index contributed by atoms with van der Waals surface area (Å²) in [7, 11) is -4.60. The van der Waals surface area contributed by atoms with Crippen molar-refractivity contribution in [2.24, 2.45) is 10.2 Å². The Balaban J connectivity index is 2.74. The summed E-state index contributed by atoms with van der Waals surface area (Å²) in [5, 5.41) is 19.2. The number of allylic oxidation sites excluding steroid dienone is 4. The quantitative estimate of drug-likeness (QED) is 0.454. The van der Waals surface area contributed by atoms with Crippen LogP contribution in [0.15, 0.2) is 76.0 Å². The highest BCUT2D eigenvalue weighted by molar-refractivity contribution is 7.86. The molecule has 0 bridgehead atoms. The van der Waals surface area contributed by atoms with Crippen molar-refractivity contribution in [1.82, 2.24) is 0 Å². The first-order chi connectivity index (χ1) is 11.8. The number of fused-ring (bicyclic) bond motifs is 1. The van der Waals surface area contributed by atoms with Crippen molar-refractivity contribution >= 4 is 26.6 Å². The predicted octanol–water partition coefficient (Wildman–Crippen LogP) is 4.83. The van der Waals surface area contributed by atoms with Crippen molar-refractivity contribution in [3.8, 4) is 5.75 Å². The molecule has 2 N–H and O–H groups in total. The normalized spacial score (nSPS) is 13.2. The van der Waals surface area contributed by atoms with E-state index < -0.39 is 15.0 Å². The Morgan fingerprint density at radius 3 is 2.60 bits per heavy atom. The third-order valence-corrected chi connectivity index (χ3v) is 4.32. The molecule has 0 aliphatic carbocycles. The average Bonchev–Trinajstić information content (AvgIpc) is 2.56. The first kappa shape index (κ1) is 18.6. The molecule has 0 saturated carbocycles. The Bertz CT molecular complexity index is 1020. The van der Waals surface area contributed by atoms with Crippen LogP contribution in [0, 0.1) is 6.92 Å². The van der Waals surface area contributed by atoms with Gasteiger partial charge in [-0.25, -0.2) is 0 Å². The van der Waals surface area contributed by atoms with Crippen molar-refractivity contribution in [2.45, 2.75) is 18.7 Å². The van der Waals surface area contributed by atoms with Crippen LogP contribution in [0.25, 0.3) is 10.8 Å². The zero-order chi connectivity index (χ0) is 18.6. The van der Waals surface area contributed by atoms with Gasteiger partial charge in [0.25, 0.3) is 10.1 Å². The van der Waals surface area contributed by atoms with E-state index in [1.165, 1.54) is 6.07 Å². The van der Waals surface area contributed by atoms with E-state index in [0.29, 0.717) is 16.5 Å². The van der Waals surface area contributed by atoms with Gasteiger partial charge in [0.1, 0.15) is 10.6 Å². The molecule has 0 atom stereocenters. The van der Waals surface area contributed by atoms with E-state index in [4.69, 9.17) is 0 Å². The van der Waals surface area contributed by atoms with Gasteiger partial charge in [-0.2, -0.15) is 13.5 Å². The van der Waals surface area contributed by atoms with E-state index in [1.807, 2.05) is 6.92 Å². The van der Waals surface area contributed by atoms with Gasteiger partial charge >= 0.3 is 0 Å². The molecule has 2 aromatic rings. The van der Waals surface area contributed by atoms with Crippen LogP contribution in [0.4, 0.5) is 5.69 Å². The second kappa shape index (κ2) is 7.42. The molecule has 0 heterocycles. The van der Waals surface area contributed by atoms with Crippen molar-refractivity contribution in [3.63, 3.8) is 0 Å². The topological polar surface area (TPSA) is 99.3 Å². The van der Waals surface area contributed by atoms with Crippen LogP contribution in [0.1, 0.15) is 12.5 Å². The number of rotatable bonds is 5. The van der Waals surface area contributed by atoms with Crippen molar-refractivity contribution in [3.05, 3.63) is 66.4 Å². The molecule has 0 spiro atoms. The molecule has 7 heteroatoms. The van der Waals surface area contributed by atoms with E-state index in [2.05, 4.69) is 16.8 Å². The van der Waals surface area contributed by atoms with Gasteiger partial charge in [0.05, 0.1) is 5.70 Å². The minimum absolute atomic E-state index is 0.313. The third kappa shape index (κ3) is 4.20. The molecule has 0 aliphatic rings. The fourth-order valence-corrected chi connectivity index (χ4v) is 2.87. The lowest BCUT2D eigenvalue weighted by molar-refractivity contribution is 0.472. The number of phenolic OH excluding ortho intramolecular Hbond substituents is 1. The molecule has 0 aromatic heterocycles. The molecular formula is C18H18N2O4S. The van der Waals surface area contributed by atoms with E-state index in [1.54, 1.807) is 49.4 Å². The SMILES string of the molecule is C=C/C=C\C(=C/C)N=Nc1c(S(=O)(=O)O)cc2ccc(C)cc2c1O. The standard InChI is InChI=1S/C18H18N2O4S/c1-4-6-7-14(5-2)19-20-17-16(25(22,23)24)11-13-9-8-12(3)10-15(13)18(17)21/h4-11,21H,1H2,2-3H3,(H,22,23,24)/b7-6-,14-5+,20-19?. The molecular weight excluding hydrogens is 340 g/mol. The fraction of sp³-hybridized carbons (Fsp3) is 0.111. The minimum atomic E-state index is -4.60. The zero-order valence-electron chi connectivity index (χ0n) is 13.8. The molecule has 0 aliphatic heterocycles. The Morgan fingerprint density at radius 2 is 2.00 bits per heavy atom. The smallest absolute Gasteiger partial charge is 0.296 e. The Morgan fingerprint density at radius 1 is 1.28 bits per heavy atom. The maximum Gasteiger partial charge on any atom is 0.296 e. The van der Waals surface area contributed by atoms with Crippen molar-refractivity contribution < 1.29 is 18.1 Å². The van der Waals surface area contributed by atoms with Crippen molar-refractivity contribution in [1.29, 1.82) is 0 Å².